The first-order chi connectivity index (χ1) is 16.3. The van der Waals surface area contributed by atoms with Crippen molar-refractivity contribution in [2.24, 2.45) is 7.05 Å². The Morgan fingerprint density at radius 2 is 1.74 bits per heavy atom. The summed E-state index contributed by atoms with van der Waals surface area (Å²) in [6.07, 6.45) is 1.73. The van der Waals surface area contributed by atoms with E-state index in [-0.39, 0.29) is 11.1 Å². The van der Waals surface area contributed by atoms with Crippen LogP contribution in [-0.2, 0) is 7.05 Å². The van der Waals surface area contributed by atoms with Crippen molar-refractivity contribution >= 4 is 28.5 Å². The molecule has 0 bridgehead atoms. The van der Waals surface area contributed by atoms with Gasteiger partial charge in [-0.3, -0.25) is 19.9 Å². The summed E-state index contributed by atoms with van der Waals surface area (Å²) < 4.78 is 1.59. The second-order valence-corrected chi connectivity index (χ2v) is 7.93. The normalized spacial score (nSPS) is 10.5. The van der Waals surface area contributed by atoms with Crippen molar-refractivity contribution < 1.29 is 9.59 Å². The molecule has 0 saturated carbocycles. The summed E-state index contributed by atoms with van der Waals surface area (Å²) in [4.78, 5) is 42.2. The van der Waals surface area contributed by atoms with Crippen LogP contribution in [0.1, 0.15) is 27.2 Å². The Labute approximate surface area is 195 Å². The summed E-state index contributed by atoms with van der Waals surface area (Å²) >= 11 is 0. The molecule has 0 unspecified atom stereocenters. The van der Waals surface area contributed by atoms with Crippen LogP contribution < -0.4 is 16.2 Å². The van der Waals surface area contributed by atoms with Crippen LogP contribution in [0, 0.1) is 25.2 Å². The Kier molecular flexibility index (Phi) is 5.94. The number of nitrogens with one attached hydrogen (secondary N) is 2. The van der Waals surface area contributed by atoms with Crippen LogP contribution in [0.4, 0.5) is 10.5 Å². The second kappa shape index (κ2) is 9.00. The van der Waals surface area contributed by atoms with Gasteiger partial charge in [-0.25, -0.2) is 4.79 Å². The molecule has 2 aromatic carbocycles. The molecule has 2 heterocycles. The minimum absolute atomic E-state index is 0.168. The molecule has 0 fully saturated rings. The first kappa shape index (κ1) is 22.4. The lowest BCUT2D eigenvalue weighted by molar-refractivity contribution is 0.0967. The third-order valence-corrected chi connectivity index (χ3v) is 5.53. The van der Waals surface area contributed by atoms with Crippen molar-refractivity contribution in [1.82, 2.24) is 14.9 Å². The average Bonchev–Trinajstić information content (AvgIpc) is 2.83. The summed E-state index contributed by atoms with van der Waals surface area (Å²) in [5.41, 5.74) is 4.54. The van der Waals surface area contributed by atoms with Gasteiger partial charge >= 0.3 is 6.03 Å². The van der Waals surface area contributed by atoms with Gasteiger partial charge in [0, 0.05) is 41.1 Å². The van der Waals surface area contributed by atoms with Crippen LogP contribution in [0.2, 0.25) is 0 Å². The van der Waals surface area contributed by atoms with Gasteiger partial charge in [0.15, 0.2) is 0 Å². The number of nitrogens with zero attached hydrogens (tertiary/aromatic N) is 3. The first-order valence-corrected chi connectivity index (χ1v) is 10.5. The zero-order chi connectivity index (χ0) is 24.4. The number of benzene rings is 2. The van der Waals surface area contributed by atoms with E-state index in [9.17, 15) is 14.4 Å². The topological polar surface area (TPSA) is 117 Å². The second-order valence-electron chi connectivity index (χ2n) is 7.93. The van der Waals surface area contributed by atoms with Gasteiger partial charge in [0.2, 0.25) is 0 Å². The molecule has 0 aliphatic rings. The summed E-state index contributed by atoms with van der Waals surface area (Å²) in [5.74, 6) is -0.597. The Bertz CT molecular complexity index is 1550. The van der Waals surface area contributed by atoms with E-state index < -0.39 is 11.9 Å². The van der Waals surface area contributed by atoms with Crippen molar-refractivity contribution in [3.8, 4) is 17.2 Å². The van der Waals surface area contributed by atoms with E-state index in [2.05, 4.69) is 15.6 Å². The highest BCUT2D eigenvalue weighted by molar-refractivity contribution is 6.08. The Balaban J connectivity index is 1.60. The molecule has 0 aliphatic carbocycles. The van der Waals surface area contributed by atoms with Gasteiger partial charge in [-0.15, -0.1) is 0 Å². The van der Waals surface area contributed by atoms with E-state index in [0.717, 1.165) is 22.2 Å². The summed E-state index contributed by atoms with van der Waals surface area (Å²) in [6, 6.07) is 16.0. The SMILES string of the molecule is Cc1cc2c(cn1)cc(-c1cc(NC(=O)NC(=O)c3ccc(C#N)cc3)ccc1C)c(=O)n2C. The number of anilines is 1. The Hall–Kier alpha value is -4.77. The standard InChI is InChI=1S/C26H21N5O3/c1-15-4-9-20(29-26(34)30-24(32)18-7-5-17(13-27)6-8-18)12-21(15)22-11-19-14-28-16(2)10-23(19)31(3)25(22)33/h4-12,14H,1-3H3,(H2,29,30,32,34). The highest BCUT2D eigenvalue weighted by atomic mass is 16.2. The molecule has 0 saturated heterocycles. The number of pyridine rings is 2. The van der Waals surface area contributed by atoms with Crippen molar-refractivity contribution in [1.29, 1.82) is 5.26 Å². The summed E-state index contributed by atoms with van der Waals surface area (Å²) in [7, 11) is 1.72. The number of aromatic nitrogens is 2. The maximum atomic E-state index is 13.1. The molecular formula is C26H21N5O3. The predicted octanol–water partition coefficient (Wildman–Crippen LogP) is 4.05. The third-order valence-electron chi connectivity index (χ3n) is 5.53. The van der Waals surface area contributed by atoms with E-state index >= 15 is 0 Å². The van der Waals surface area contributed by atoms with E-state index in [1.807, 2.05) is 26.0 Å². The zero-order valence-electron chi connectivity index (χ0n) is 18.8. The lowest BCUT2D eigenvalue weighted by atomic mass is 9.99. The third kappa shape index (κ3) is 4.40. The first-order valence-electron chi connectivity index (χ1n) is 10.5. The number of rotatable bonds is 3. The van der Waals surface area contributed by atoms with E-state index in [4.69, 9.17) is 5.26 Å². The Morgan fingerprint density at radius 3 is 2.44 bits per heavy atom. The maximum absolute atomic E-state index is 13.1. The highest BCUT2D eigenvalue weighted by Gasteiger charge is 2.14. The van der Waals surface area contributed by atoms with Gasteiger partial charge in [-0.1, -0.05) is 6.07 Å². The maximum Gasteiger partial charge on any atom is 0.326 e. The van der Waals surface area contributed by atoms with Crippen LogP contribution in [0.3, 0.4) is 0 Å². The number of fused-ring (bicyclic) bond motifs is 1. The van der Waals surface area contributed by atoms with Gasteiger partial charge in [0.25, 0.3) is 11.5 Å². The van der Waals surface area contributed by atoms with Crippen molar-refractivity contribution in [3.63, 3.8) is 0 Å². The van der Waals surface area contributed by atoms with Crippen LogP contribution in [-0.4, -0.2) is 21.5 Å². The fourth-order valence-corrected chi connectivity index (χ4v) is 3.68. The number of carbonyl (C=O) groups is 2. The summed E-state index contributed by atoms with van der Waals surface area (Å²) in [6.45, 7) is 3.75. The van der Waals surface area contributed by atoms with Gasteiger partial charge in [0.05, 0.1) is 17.1 Å². The quantitative estimate of drug-likeness (QED) is 0.487. The van der Waals surface area contributed by atoms with Gasteiger partial charge in [-0.05, 0) is 73.5 Å². The molecule has 34 heavy (non-hydrogen) atoms. The fourth-order valence-electron chi connectivity index (χ4n) is 3.68. The molecule has 2 aromatic heterocycles. The minimum Gasteiger partial charge on any atom is -0.311 e. The number of nitriles is 1. The fraction of sp³-hybridized carbons (Fsp3) is 0.115. The lowest BCUT2D eigenvalue weighted by Gasteiger charge is -2.13. The van der Waals surface area contributed by atoms with Crippen molar-refractivity contribution in [2.75, 3.05) is 5.32 Å². The molecule has 4 rings (SSSR count). The van der Waals surface area contributed by atoms with E-state index in [0.29, 0.717) is 22.4 Å². The number of carbonyl (C=O) groups excluding carboxylic acids is 2. The summed E-state index contributed by atoms with van der Waals surface area (Å²) in [5, 5.41) is 14.6. The smallest absolute Gasteiger partial charge is 0.311 e. The van der Waals surface area contributed by atoms with Crippen LogP contribution >= 0.6 is 0 Å². The van der Waals surface area contributed by atoms with Crippen LogP contribution in [0.25, 0.3) is 22.0 Å². The molecule has 4 aromatic rings. The van der Waals surface area contributed by atoms with E-state index in [1.165, 1.54) is 24.3 Å². The van der Waals surface area contributed by atoms with Crippen LogP contribution in [0.15, 0.2) is 65.6 Å². The monoisotopic (exact) mass is 451 g/mol. The van der Waals surface area contributed by atoms with E-state index in [1.54, 1.807) is 42.1 Å². The van der Waals surface area contributed by atoms with Crippen molar-refractivity contribution in [2.45, 2.75) is 13.8 Å². The largest absolute Gasteiger partial charge is 0.326 e. The molecule has 0 aliphatic heterocycles. The zero-order valence-corrected chi connectivity index (χ0v) is 18.8. The lowest BCUT2D eigenvalue weighted by Crippen LogP contribution is -2.34. The molecule has 0 radical (unpaired) electrons. The molecule has 8 nitrogen and oxygen atoms in total. The molecular weight excluding hydrogens is 430 g/mol. The molecule has 168 valence electrons. The number of urea groups is 1. The molecule has 3 amide bonds. The molecule has 0 spiro atoms. The molecule has 8 heteroatoms. The number of hydrogen-bond acceptors (Lipinski definition) is 5. The number of imide groups is 1. The molecule has 2 N–H and O–H groups in total. The molecule has 0 atom stereocenters. The number of amides is 3. The predicted molar refractivity (Wildman–Crippen MR) is 130 cm³/mol. The minimum atomic E-state index is -0.713. The highest BCUT2D eigenvalue weighted by Crippen LogP contribution is 2.27. The van der Waals surface area contributed by atoms with Crippen LogP contribution in [0.5, 0.6) is 0 Å². The Morgan fingerprint density at radius 1 is 1.00 bits per heavy atom. The number of hydrogen-bond donors (Lipinski definition) is 2. The number of aryl methyl sites for hydroxylation is 3. The van der Waals surface area contributed by atoms with Crippen molar-refractivity contribution in [3.05, 3.63) is 93.5 Å². The van der Waals surface area contributed by atoms with Gasteiger partial charge < -0.3 is 9.88 Å². The van der Waals surface area contributed by atoms with Gasteiger partial charge in [-0.2, -0.15) is 5.26 Å². The van der Waals surface area contributed by atoms with Gasteiger partial charge in [0.1, 0.15) is 0 Å². The average molecular weight is 451 g/mol.